The van der Waals surface area contributed by atoms with E-state index in [2.05, 4.69) is 0 Å². The number of nitrogen functional groups attached to an aromatic ring is 1. The Labute approximate surface area is 125 Å². The summed E-state index contributed by atoms with van der Waals surface area (Å²) in [6, 6.07) is 7.38. The average Bonchev–Trinajstić information content (AvgIpc) is 2.36. The van der Waals surface area contributed by atoms with Gasteiger partial charge in [0.2, 0.25) is 5.91 Å². The van der Waals surface area contributed by atoms with Crippen LogP contribution in [0.5, 0.6) is 0 Å². The molecule has 6 heteroatoms. The van der Waals surface area contributed by atoms with E-state index in [4.69, 9.17) is 16.2 Å². The van der Waals surface area contributed by atoms with Crippen molar-refractivity contribution in [3.8, 4) is 0 Å². The van der Waals surface area contributed by atoms with E-state index >= 15 is 0 Å². The van der Waals surface area contributed by atoms with Crippen LogP contribution in [0.3, 0.4) is 0 Å². The molecule has 0 spiro atoms. The summed E-state index contributed by atoms with van der Waals surface area (Å²) in [6.07, 6.45) is 0. The van der Waals surface area contributed by atoms with Crippen LogP contribution in [0.2, 0.25) is 0 Å². The molecule has 0 aliphatic carbocycles. The highest BCUT2D eigenvalue weighted by molar-refractivity contribution is 5.77. The first-order valence-electron chi connectivity index (χ1n) is 6.68. The van der Waals surface area contributed by atoms with Gasteiger partial charge in [0.05, 0.1) is 19.1 Å². The second-order valence-corrected chi connectivity index (χ2v) is 5.73. The largest absolute Gasteiger partial charge is 0.469 e. The molecule has 0 bridgehead atoms. The SMILES string of the molecule is COC(=O)C(C)(C)CN(CC(N)=O)Cc1cccc(N)c1. The number of benzene rings is 1. The molecule has 116 valence electrons. The molecule has 4 N–H and O–H groups in total. The minimum atomic E-state index is -0.732. The highest BCUT2D eigenvalue weighted by Gasteiger charge is 2.31. The molecule has 0 radical (unpaired) electrons. The molecule has 0 saturated carbocycles. The number of amides is 1. The monoisotopic (exact) mass is 293 g/mol. The van der Waals surface area contributed by atoms with Crippen LogP contribution in [0.4, 0.5) is 5.69 Å². The predicted molar refractivity (Wildman–Crippen MR) is 81.1 cm³/mol. The number of hydrogen-bond acceptors (Lipinski definition) is 5. The second-order valence-electron chi connectivity index (χ2n) is 5.73. The van der Waals surface area contributed by atoms with Crippen molar-refractivity contribution in [3.05, 3.63) is 29.8 Å². The van der Waals surface area contributed by atoms with Crippen LogP contribution < -0.4 is 11.5 Å². The molecule has 1 aromatic carbocycles. The first-order chi connectivity index (χ1) is 9.74. The van der Waals surface area contributed by atoms with Gasteiger partial charge in [0, 0.05) is 18.8 Å². The fraction of sp³-hybridized carbons (Fsp3) is 0.467. The summed E-state index contributed by atoms with van der Waals surface area (Å²) in [6.45, 7) is 4.44. The topological polar surface area (TPSA) is 98.6 Å². The Morgan fingerprint density at radius 1 is 1.33 bits per heavy atom. The Hall–Kier alpha value is -2.08. The molecule has 6 nitrogen and oxygen atoms in total. The number of hydrogen-bond donors (Lipinski definition) is 2. The van der Waals surface area contributed by atoms with E-state index < -0.39 is 11.3 Å². The third-order valence-corrected chi connectivity index (χ3v) is 3.09. The van der Waals surface area contributed by atoms with Gasteiger partial charge in [-0.3, -0.25) is 14.5 Å². The van der Waals surface area contributed by atoms with Crippen molar-refractivity contribution in [2.75, 3.05) is 25.9 Å². The van der Waals surface area contributed by atoms with Crippen LogP contribution in [0.1, 0.15) is 19.4 Å². The van der Waals surface area contributed by atoms with Crippen LogP contribution in [0, 0.1) is 5.41 Å². The van der Waals surface area contributed by atoms with Crippen LogP contribution in [-0.2, 0) is 20.9 Å². The third kappa shape index (κ3) is 5.43. The molecule has 0 aromatic heterocycles. The van der Waals surface area contributed by atoms with Gasteiger partial charge in [0.1, 0.15) is 0 Å². The van der Waals surface area contributed by atoms with Gasteiger partial charge in [-0.2, -0.15) is 0 Å². The van der Waals surface area contributed by atoms with Crippen molar-refractivity contribution in [3.63, 3.8) is 0 Å². The number of esters is 1. The van der Waals surface area contributed by atoms with Crippen molar-refractivity contribution in [1.29, 1.82) is 0 Å². The molecular formula is C15H23N3O3. The highest BCUT2D eigenvalue weighted by atomic mass is 16.5. The lowest BCUT2D eigenvalue weighted by Crippen LogP contribution is -2.43. The first-order valence-corrected chi connectivity index (χ1v) is 6.68. The van der Waals surface area contributed by atoms with E-state index in [1.54, 1.807) is 19.9 Å². The number of nitrogens with zero attached hydrogens (tertiary/aromatic N) is 1. The number of ether oxygens (including phenoxy) is 1. The van der Waals surface area contributed by atoms with E-state index in [9.17, 15) is 9.59 Å². The van der Waals surface area contributed by atoms with Crippen molar-refractivity contribution in [2.45, 2.75) is 20.4 Å². The maximum absolute atomic E-state index is 11.8. The Bertz CT molecular complexity index is 515. The molecule has 0 atom stereocenters. The molecular weight excluding hydrogens is 270 g/mol. The molecule has 0 aliphatic heterocycles. The van der Waals surface area contributed by atoms with Gasteiger partial charge in [-0.05, 0) is 31.5 Å². The number of nitrogens with two attached hydrogens (primary N) is 2. The Kier molecular flexibility index (Phi) is 5.72. The molecule has 0 saturated heterocycles. The lowest BCUT2D eigenvalue weighted by Gasteiger charge is -2.30. The Morgan fingerprint density at radius 3 is 2.52 bits per heavy atom. The fourth-order valence-electron chi connectivity index (χ4n) is 2.24. The van der Waals surface area contributed by atoms with E-state index in [0.29, 0.717) is 18.8 Å². The second kappa shape index (κ2) is 7.08. The normalized spacial score (nSPS) is 11.4. The van der Waals surface area contributed by atoms with E-state index in [1.807, 2.05) is 23.1 Å². The van der Waals surface area contributed by atoms with Gasteiger partial charge >= 0.3 is 5.97 Å². The van der Waals surface area contributed by atoms with Crippen molar-refractivity contribution < 1.29 is 14.3 Å². The lowest BCUT2D eigenvalue weighted by atomic mass is 9.92. The van der Waals surface area contributed by atoms with Crippen molar-refractivity contribution in [2.24, 2.45) is 11.1 Å². The quantitative estimate of drug-likeness (QED) is 0.571. The number of carbonyl (C=O) groups excluding carboxylic acids is 2. The predicted octanol–water partition coefficient (Wildman–Crippen LogP) is 0.755. The maximum Gasteiger partial charge on any atom is 0.312 e. The third-order valence-electron chi connectivity index (χ3n) is 3.09. The summed E-state index contributed by atoms with van der Waals surface area (Å²) in [7, 11) is 1.35. The Balaban J connectivity index is 2.85. The molecule has 0 aliphatic rings. The fourth-order valence-corrected chi connectivity index (χ4v) is 2.24. The molecule has 0 unspecified atom stereocenters. The van der Waals surface area contributed by atoms with E-state index in [-0.39, 0.29) is 12.5 Å². The highest BCUT2D eigenvalue weighted by Crippen LogP contribution is 2.20. The summed E-state index contributed by atoms with van der Waals surface area (Å²) < 4.78 is 4.79. The van der Waals surface area contributed by atoms with E-state index in [0.717, 1.165) is 5.56 Å². The van der Waals surface area contributed by atoms with Gasteiger partial charge in [0.25, 0.3) is 0 Å². The minimum absolute atomic E-state index is 0.0647. The molecule has 1 rings (SSSR count). The smallest absolute Gasteiger partial charge is 0.312 e. The molecule has 1 amide bonds. The minimum Gasteiger partial charge on any atom is -0.469 e. The van der Waals surface area contributed by atoms with Crippen LogP contribution in [0.25, 0.3) is 0 Å². The zero-order chi connectivity index (χ0) is 16.0. The summed E-state index contributed by atoms with van der Waals surface area (Å²) >= 11 is 0. The van der Waals surface area contributed by atoms with Crippen molar-refractivity contribution in [1.82, 2.24) is 4.90 Å². The van der Waals surface area contributed by atoms with Gasteiger partial charge in [0.15, 0.2) is 0 Å². The average molecular weight is 293 g/mol. The summed E-state index contributed by atoms with van der Waals surface area (Å²) in [5, 5.41) is 0. The zero-order valence-electron chi connectivity index (χ0n) is 12.8. The Morgan fingerprint density at radius 2 is 2.00 bits per heavy atom. The standard InChI is InChI=1S/C15H23N3O3/c1-15(2,14(20)21-3)10-18(9-13(17)19)8-11-5-4-6-12(16)7-11/h4-7H,8-10,16H2,1-3H3,(H2,17,19). The number of methoxy groups -OCH3 is 1. The number of primary amides is 1. The van der Waals surface area contributed by atoms with Crippen LogP contribution in [0.15, 0.2) is 24.3 Å². The zero-order valence-corrected chi connectivity index (χ0v) is 12.8. The summed E-state index contributed by atoms with van der Waals surface area (Å²) in [5.41, 5.74) is 11.9. The van der Waals surface area contributed by atoms with Gasteiger partial charge in [-0.1, -0.05) is 12.1 Å². The van der Waals surface area contributed by atoms with Gasteiger partial charge in [-0.25, -0.2) is 0 Å². The summed E-state index contributed by atoms with van der Waals surface area (Å²) in [4.78, 5) is 24.8. The summed E-state index contributed by atoms with van der Waals surface area (Å²) in [5.74, 6) is -0.774. The maximum atomic E-state index is 11.8. The first kappa shape index (κ1) is 17.0. The van der Waals surface area contributed by atoms with E-state index in [1.165, 1.54) is 7.11 Å². The molecule has 21 heavy (non-hydrogen) atoms. The number of anilines is 1. The molecule has 0 fully saturated rings. The molecule has 0 heterocycles. The van der Waals surface area contributed by atoms with Crippen LogP contribution >= 0.6 is 0 Å². The van der Waals surface area contributed by atoms with Crippen LogP contribution in [-0.4, -0.2) is 37.0 Å². The van der Waals surface area contributed by atoms with Gasteiger partial charge < -0.3 is 16.2 Å². The lowest BCUT2D eigenvalue weighted by molar-refractivity contribution is -0.152. The van der Waals surface area contributed by atoms with Crippen molar-refractivity contribution >= 4 is 17.6 Å². The number of rotatable bonds is 7. The number of carbonyl (C=O) groups is 2. The molecule has 1 aromatic rings. The van der Waals surface area contributed by atoms with Gasteiger partial charge in [-0.15, -0.1) is 0 Å².